The number of aryl methyl sites for hydroxylation is 1. The smallest absolute Gasteiger partial charge is 0.123 e. The topological polar surface area (TPSA) is 12.0 Å². The van der Waals surface area contributed by atoms with Gasteiger partial charge < -0.3 is 5.32 Å². The van der Waals surface area contributed by atoms with Gasteiger partial charge in [-0.25, -0.2) is 4.39 Å². The number of unbranched alkanes of at least 4 members (excludes halogenated alkanes) is 3. The third kappa shape index (κ3) is 6.41. The third-order valence-electron chi connectivity index (χ3n) is 3.08. The van der Waals surface area contributed by atoms with Crippen molar-refractivity contribution in [2.24, 2.45) is 0 Å². The molecule has 102 valence electrons. The summed E-state index contributed by atoms with van der Waals surface area (Å²) in [4.78, 5) is 0. The van der Waals surface area contributed by atoms with E-state index in [1.807, 2.05) is 24.8 Å². The molecule has 0 aliphatic carbocycles. The van der Waals surface area contributed by atoms with Gasteiger partial charge in [-0.1, -0.05) is 18.9 Å². The Hall–Kier alpha value is -0.540. The molecule has 0 aromatic heterocycles. The second-order valence-corrected chi connectivity index (χ2v) is 5.64. The predicted octanol–water partition coefficient (Wildman–Crippen LogP) is 4.15. The predicted molar refractivity (Wildman–Crippen MR) is 79.7 cm³/mol. The van der Waals surface area contributed by atoms with E-state index in [4.69, 9.17) is 0 Å². The largest absolute Gasteiger partial charge is 0.313 e. The molecule has 1 rings (SSSR count). The molecule has 1 N–H and O–H groups in total. The molecule has 0 amide bonds. The zero-order valence-electron chi connectivity index (χ0n) is 11.5. The van der Waals surface area contributed by atoms with Gasteiger partial charge in [-0.3, -0.25) is 0 Å². The maximum atomic E-state index is 13.1. The molecule has 1 aromatic rings. The lowest BCUT2D eigenvalue weighted by Gasteiger charge is -2.08. The Bertz CT molecular complexity index is 341. The maximum Gasteiger partial charge on any atom is 0.123 e. The van der Waals surface area contributed by atoms with E-state index in [-0.39, 0.29) is 5.82 Å². The minimum atomic E-state index is -0.144. The summed E-state index contributed by atoms with van der Waals surface area (Å²) in [6, 6.07) is 4.99. The molecule has 18 heavy (non-hydrogen) atoms. The molecular formula is C15H24FNS. The fourth-order valence-corrected chi connectivity index (χ4v) is 2.40. The lowest BCUT2D eigenvalue weighted by atomic mass is 10.1. The highest BCUT2D eigenvalue weighted by Crippen LogP contribution is 2.10. The Morgan fingerprint density at radius 2 is 1.94 bits per heavy atom. The Kier molecular flexibility index (Phi) is 8.10. The van der Waals surface area contributed by atoms with E-state index in [2.05, 4.69) is 11.6 Å². The fourth-order valence-electron chi connectivity index (χ4n) is 1.90. The normalized spacial score (nSPS) is 10.8. The van der Waals surface area contributed by atoms with Crippen LogP contribution >= 0.6 is 11.8 Å². The number of thioether (sulfide) groups is 1. The van der Waals surface area contributed by atoms with Crippen molar-refractivity contribution in [2.75, 3.05) is 18.6 Å². The van der Waals surface area contributed by atoms with E-state index in [1.54, 1.807) is 6.07 Å². The van der Waals surface area contributed by atoms with Gasteiger partial charge in [-0.05, 0) is 61.6 Å². The van der Waals surface area contributed by atoms with Gasteiger partial charge >= 0.3 is 0 Å². The second kappa shape index (κ2) is 9.40. The molecule has 0 radical (unpaired) electrons. The first-order valence-electron chi connectivity index (χ1n) is 6.68. The van der Waals surface area contributed by atoms with Crippen LogP contribution in [0.15, 0.2) is 18.2 Å². The Morgan fingerprint density at radius 1 is 1.17 bits per heavy atom. The van der Waals surface area contributed by atoms with Crippen molar-refractivity contribution < 1.29 is 4.39 Å². The molecule has 0 aliphatic heterocycles. The summed E-state index contributed by atoms with van der Waals surface area (Å²) >= 11 is 1.92. The summed E-state index contributed by atoms with van der Waals surface area (Å²) in [6.07, 6.45) is 7.30. The first-order valence-corrected chi connectivity index (χ1v) is 8.08. The molecule has 0 saturated heterocycles. The second-order valence-electron chi connectivity index (χ2n) is 4.65. The summed E-state index contributed by atoms with van der Waals surface area (Å²) in [5.41, 5.74) is 2.22. The summed E-state index contributed by atoms with van der Waals surface area (Å²) in [6.45, 7) is 3.82. The minimum Gasteiger partial charge on any atom is -0.313 e. The Labute approximate surface area is 115 Å². The molecule has 0 unspecified atom stereocenters. The minimum absolute atomic E-state index is 0.144. The van der Waals surface area contributed by atoms with E-state index in [9.17, 15) is 4.39 Å². The monoisotopic (exact) mass is 269 g/mol. The van der Waals surface area contributed by atoms with Gasteiger partial charge in [0.05, 0.1) is 0 Å². The van der Waals surface area contributed by atoms with Gasteiger partial charge in [0.1, 0.15) is 5.82 Å². The molecule has 0 spiro atoms. The molecule has 1 aromatic carbocycles. The standard InChI is InChI=1S/C15H24FNS/c1-13-7-8-15(16)11-14(13)12-17-9-5-3-4-6-10-18-2/h7-8,11,17H,3-6,9-10,12H2,1-2H3. The molecule has 0 aliphatic rings. The van der Waals surface area contributed by atoms with Crippen LogP contribution in [0.2, 0.25) is 0 Å². The van der Waals surface area contributed by atoms with E-state index in [0.717, 1.165) is 24.2 Å². The van der Waals surface area contributed by atoms with Gasteiger partial charge in [-0.2, -0.15) is 11.8 Å². The summed E-state index contributed by atoms with van der Waals surface area (Å²) in [5.74, 6) is 1.13. The fraction of sp³-hybridized carbons (Fsp3) is 0.600. The molecule has 0 heterocycles. The van der Waals surface area contributed by atoms with Crippen LogP contribution in [-0.2, 0) is 6.54 Å². The molecular weight excluding hydrogens is 245 g/mol. The van der Waals surface area contributed by atoms with Gasteiger partial charge in [-0.15, -0.1) is 0 Å². The average Bonchev–Trinajstić information content (AvgIpc) is 2.36. The van der Waals surface area contributed by atoms with Crippen molar-refractivity contribution in [3.63, 3.8) is 0 Å². The maximum absolute atomic E-state index is 13.1. The average molecular weight is 269 g/mol. The van der Waals surface area contributed by atoms with E-state index in [1.165, 1.54) is 37.5 Å². The summed E-state index contributed by atoms with van der Waals surface area (Å²) in [5, 5.41) is 3.39. The molecule has 1 nitrogen and oxygen atoms in total. The number of halogens is 1. The number of hydrogen-bond donors (Lipinski definition) is 1. The molecule has 0 fully saturated rings. The first-order chi connectivity index (χ1) is 8.74. The first kappa shape index (κ1) is 15.5. The quantitative estimate of drug-likeness (QED) is 0.676. The van der Waals surface area contributed by atoms with Crippen LogP contribution in [0.5, 0.6) is 0 Å². The Balaban J connectivity index is 2.09. The van der Waals surface area contributed by atoms with Crippen molar-refractivity contribution >= 4 is 11.8 Å². The van der Waals surface area contributed by atoms with Crippen molar-refractivity contribution in [3.05, 3.63) is 35.1 Å². The number of nitrogens with one attached hydrogen (secondary N) is 1. The van der Waals surface area contributed by atoms with Crippen LogP contribution in [0.1, 0.15) is 36.8 Å². The zero-order chi connectivity index (χ0) is 13.2. The van der Waals surface area contributed by atoms with E-state index < -0.39 is 0 Å². The summed E-state index contributed by atoms with van der Waals surface area (Å²) < 4.78 is 13.1. The van der Waals surface area contributed by atoms with Gasteiger partial charge in [0.2, 0.25) is 0 Å². The molecule has 3 heteroatoms. The van der Waals surface area contributed by atoms with E-state index in [0.29, 0.717) is 0 Å². The molecule has 0 bridgehead atoms. The van der Waals surface area contributed by atoms with E-state index >= 15 is 0 Å². The van der Waals surface area contributed by atoms with Crippen LogP contribution in [0.25, 0.3) is 0 Å². The highest BCUT2D eigenvalue weighted by atomic mass is 32.2. The van der Waals surface area contributed by atoms with Crippen LogP contribution in [0.4, 0.5) is 4.39 Å². The molecule has 0 atom stereocenters. The van der Waals surface area contributed by atoms with Crippen LogP contribution in [-0.4, -0.2) is 18.6 Å². The number of benzene rings is 1. The van der Waals surface area contributed by atoms with Crippen molar-refractivity contribution in [3.8, 4) is 0 Å². The lowest BCUT2D eigenvalue weighted by molar-refractivity contribution is 0.592. The lowest BCUT2D eigenvalue weighted by Crippen LogP contribution is -2.15. The molecule has 0 saturated carbocycles. The van der Waals surface area contributed by atoms with Crippen LogP contribution < -0.4 is 5.32 Å². The van der Waals surface area contributed by atoms with Crippen molar-refractivity contribution in [2.45, 2.75) is 39.2 Å². The zero-order valence-corrected chi connectivity index (χ0v) is 12.3. The summed E-state index contributed by atoms with van der Waals surface area (Å²) in [7, 11) is 0. The van der Waals surface area contributed by atoms with Gasteiger partial charge in [0.25, 0.3) is 0 Å². The highest BCUT2D eigenvalue weighted by Gasteiger charge is 1.99. The van der Waals surface area contributed by atoms with Crippen molar-refractivity contribution in [1.82, 2.24) is 5.32 Å². The number of rotatable bonds is 9. The number of hydrogen-bond acceptors (Lipinski definition) is 2. The highest BCUT2D eigenvalue weighted by molar-refractivity contribution is 7.98. The van der Waals surface area contributed by atoms with Crippen LogP contribution in [0.3, 0.4) is 0 Å². The van der Waals surface area contributed by atoms with Gasteiger partial charge in [0, 0.05) is 6.54 Å². The third-order valence-corrected chi connectivity index (χ3v) is 3.78. The SMILES string of the molecule is CSCCCCCCNCc1cc(F)ccc1C. The Morgan fingerprint density at radius 3 is 2.72 bits per heavy atom. The van der Waals surface area contributed by atoms with Gasteiger partial charge in [0.15, 0.2) is 0 Å². The van der Waals surface area contributed by atoms with Crippen molar-refractivity contribution in [1.29, 1.82) is 0 Å². The van der Waals surface area contributed by atoms with Crippen LogP contribution in [0, 0.1) is 12.7 Å².